The average molecular weight is 99.1 g/mol. The van der Waals surface area contributed by atoms with E-state index in [0.29, 0.717) is 5.76 Å². The molecule has 0 amide bonds. The van der Waals surface area contributed by atoms with Crippen LogP contribution in [0.1, 0.15) is 15.6 Å². The Morgan fingerprint density at radius 3 is 2.57 bits per heavy atom. The van der Waals surface area contributed by atoms with Crippen molar-refractivity contribution in [3.63, 3.8) is 0 Å². The van der Waals surface area contributed by atoms with Crippen LogP contribution in [-0.2, 0) is 0 Å². The lowest BCUT2D eigenvalue weighted by molar-refractivity contribution is 0.504. The summed E-state index contributed by atoms with van der Waals surface area (Å²) in [6.45, 7) is -0.385. The Morgan fingerprint density at radius 1 is 1.57 bits per heavy atom. The molecule has 0 aromatic carbocycles. The van der Waals surface area contributed by atoms with Crippen LogP contribution in [0.25, 0.3) is 0 Å². The Bertz CT molecular complexity index is 223. The zero-order valence-electron chi connectivity index (χ0n) is 7.06. The minimum atomic E-state index is -2.10. The van der Waals surface area contributed by atoms with Crippen LogP contribution in [0.15, 0.2) is 16.5 Å². The predicted octanol–water partition coefficient (Wildman–Crippen LogP) is 1.90. The van der Waals surface area contributed by atoms with Crippen molar-refractivity contribution in [1.82, 2.24) is 0 Å². The third-order valence-corrected chi connectivity index (χ3v) is 0.740. The fraction of sp³-hybridized carbons (Fsp3) is 0.333. The molecule has 7 heavy (non-hydrogen) atoms. The summed E-state index contributed by atoms with van der Waals surface area (Å²) < 4.78 is 25.7. The van der Waals surface area contributed by atoms with Crippen molar-refractivity contribution >= 4 is 0 Å². The second-order valence-corrected chi connectivity index (χ2v) is 1.41. The normalized spacial score (nSPS) is 17.6. The Hall–Kier alpha value is -0.720. The summed E-state index contributed by atoms with van der Waals surface area (Å²) in [6.07, 6.45) is 0. The third kappa shape index (κ3) is 0.829. The van der Waals surface area contributed by atoms with E-state index in [1.54, 1.807) is 13.0 Å². The van der Waals surface area contributed by atoms with Gasteiger partial charge >= 0.3 is 0 Å². The van der Waals surface area contributed by atoms with E-state index in [1.807, 2.05) is 0 Å². The number of hydrogen-bond donors (Lipinski definition) is 0. The standard InChI is InChI=1S/C6H8O/c1-5-3-4-6(2)7-5/h3-4H,1-2H3/i1D3. The van der Waals surface area contributed by atoms with Gasteiger partial charge in [-0.2, -0.15) is 0 Å². The van der Waals surface area contributed by atoms with Gasteiger partial charge in [-0.05, 0) is 25.9 Å². The summed E-state index contributed by atoms with van der Waals surface area (Å²) in [6, 6.07) is 3.12. The van der Waals surface area contributed by atoms with E-state index in [-0.39, 0.29) is 5.76 Å². The first kappa shape index (κ1) is 2.03. The fourth-order valence-corrected chi connectivity index (χ4v) is 0.435. The highest BCUT2D eigenvalue weighted by Gasteiger charge is 1.85. The van der Waals surface area contributed by atoms with Crippen LogP contribution >= 0.6 is 0 Å². The van der Waals surface area contributed by atoms with E-state index < -0.39 is 6.85 Å². The quantitative estimate of drug-likeness (QED) is 0.484. The molecule has 1 rings (SSSR count). The molecule has 1 heteroatoms. The maximum Gasteiger partial charge on any atom is 0.101 e. The van der Waals surface area contributed by atoms with Gasteiger partial charge in [-0.1, -0.05) is 0 Å². The van der Waals surface area contributed by atoms with Gasteiger partial charge in [0, 0.05) is 4.11 Å². The average Bonchev–Trinajstić information content (AvgIpc) is 2.11. The van der Waals surface area contributed by atoms with Crippen molar-refractivity contribution in [2.24, 2.45) is 0 Å². The molecule has 1 heterocycles. The lowest BCUT2D eigenvalue weighted by Crippen LogP contribution is -1.53. The lowest BCUT2D eigenvalue weighted by atomic mass is 10.5. The minimum absolute atomic E-state index is 0.0602. The van der Waals surface area contributed by atoms with E-state index in [9.17, 15) is 0 Å². The van der Waals surface area contributed by atoms with E-state index in [4.69, 9.17) is 8.53 Å². The Kier molecular flexibility index (Phi) is 0.410. The van der Waals surface area contributed by atoms with Crippen molar-refractivity contribution in [3.05, 3.63) is 23.7 Å². The van der Waals surface area contributed by atoms with Crippen molar-refractivity contribution < 1.29 is 8.53 Å². The molecule has 0 bridgehead atoms. The smallest absolute Gasteiger partial charge is 0.101 e. The van der Waals surface area contributed by atoms with Crippen molar-refractivity contribution in [1.29, 1.82) is 0 Å². The molecule has 0 saturated heterocycles. The molecule has 38 valence electrons. The second-order valence-electron chi connectivity index (χ2n) is 1.41. The molecule has 0 fully saturated rings. The van der Waals surface area contributed by atoms with Crippen LogP contribution in [0.2, 0.25) is 0 Å². The predicted molar refractivity (Wildman–Crippen MR) is 28.2 cm³/mol. The maximum atomic E-state index is 6.93. The molecule has 0 aliphatic carbocycles. The van der Waals surface area contributed by atoms with E-state index in [2.05, 4.69) is 0 Å². The number of rotatable bonds is 0. The zero-order chi connectivity index (χ0) is 7.78. The summed E-state index contributed by atoms with van der Waals surface area (Å²) in [5.74, 6) is 0.691. The number of furan rings is 1. The van der Waals surface area contributed by atoms with Gasteiger partial charge in [0.15, 0.2) is 0 Å². The van der Waals surface area contributed by atoms with E-state index in [0.717, 1.165) is 0 Å². The van der Waals surface area contributed by atoms with Crippen molar-refractivity contribution in [2.45, 2.75) is 13.8 Å². The van der Waals surface area contributed by atoms with Crippen molar-refractivity contribution in [2.75, 3.05) is 0 Å². The third-order valence-electron chi connectivity index (χ3n) is 0.740. The molecule has 0 aliphatic rings. The summed E-state index contributed by atoms with van der Waals surface area (Å²) in [4.78, 5) is 0. The first-order chi connectivity index (χ1) is 4.50. The van der Waals surface area contributed by atoms with Gasteiger partial charge in [-0.3, -0.25) is 0 Å². The van der Waals surface area contributed by atoms with E-state index >= 15 is 0 Å². The lowest BCUT2D eigenvalue weighted by Gasteiger charge is -1.76. The number of aryl methyl sites for hydroxylation is 2. The molecule has 0 radical (unpaired) electrons. The maximum absolute atomic E-state index is 6.93. The van der Waals surface area contributed by atoms with Gasteiger partial charge < -0.3 is 4.42 Å². The molecule has 1 nitrogen and oxygen atoms in total. The molecule has 1 aromatic rings. The molecule has 0 unspecified atom stereocenters. The highest BCUT2D eigenvalue weighted by molar-refractivity contribution is 5.02. The highest BCUT2D eigenvalue weighted by atomic mass is 16.3. The van der Waals surface area contributed by atoms with Crippen LogP contribution in [-0.4, -0.2) is 0 Å². The summed E-state index contributed by atoms with van der Waals surface area (Å²) in [5, 5.41) is 0. The van der Waals surface area contributed by atoms with Gasteiger partial charge in [-0.25, -0.2) is 0 Å². The summed E-state index contributed by atoms with van der Waals surface area (Å²) in [7, 11) is 0. The van der Waals surface area contributed by atoms with Crippen LogP contribution in [0.5, 0.6) is 0 Å². The van der Waals surface area contributed by atoms with Crippen LogP contribution < -0.4 is 0 Å². The van der Waals surface area contributed by atoms with Gasteiger partial charge in [0.1, 0.15) is 11.5 Å². The van der Waals surface area contributed by atoms with Crippen LogP contribution in [0.3, 0.4) is 0 Å². The molecular weight excluding hydrogens is 88.1 g/mol. The Morgan fingerprint density at radius 2 is 2.29 bits per heavy atom. The second kappa shape index (κ2) is 1.41. The first-order valence-electron chi connectivity index (χ1n) is 3.57. The molecule has 0 atom stereocenters. The molecular formula is C6H8O. The van der Waals surface area contributed by atoms with Gasteiger partial charge in [-0.15, -0.1) is 0 Å². The Labute approximate surface area is 47.2 Å². The van der Waals surface area contributed by atoms with Gasteiger partial charge in [0.05, 0.1) is 0 Å². The topological polar surface area (TPSA) is 13.1 Å². The van der Waals surface area contributed by atoms with Gasteiger partial charge in [0.25, 0.3) is 0 Å². The van der Waals surface area contributed by atoms with Crippen LogP contribution in [0.4, 0.5) is 0 Å². The first-order valence-corrected chi connectivity index (χ1v) is 2.07. The van der Waals surface area contributed by atoms with Gasteiger partial charge in [0.2, 0.25) is 0 Å². The molecule has 1 aromatic heterocycles. The Balaban J connectivity index is 2.96. The fourth-order valence-electron chi connectivity index (χ4n) is 0.435. The largest absolute Gasteiger partial charge is 0.467 e. The van der Waals surface area contributed by atoms with Crippen molar-refractivity contribution in [3.8, 4) is 0 Å². The molecule has 0 spiro atoms. The summed E-state index contributed by atoms with van der Waals surface area (Å²) >= 11 is 0. The summed E-state index contributed by atoms with van der Waals surface area (Å²) in [5.41, 5.74) is 0. The SMILES string of the molecule is [2H]C([2H])([2H])c1ccc(C)o1. The molecule has 0 saturated carbocycles. The molecule has 0 aliphatic heterocycles. The minimum Gasteiger partial charge on any atom is -0.467 e. The number of hydrogen-bond acceptors (Lipinski definition) is 1. The zero-order valence-corrected chi connectivity index (χ0v) is 4.06. The van der Waals surface area contributed by atoms with E-state index in [1.165, 1.54) is 6.07 Å². The van der Waals surface area contributed by atoms with Crippen LogP contribution in [0, 0.1) is 13.8 Å². The molecule has 0 N–H and O–H groups in total. The monoisotopic (exact) mass is 99.1 g/mol. The highest BCUT2D eigenvalue weighted by Crippen LogP contribution is 2.02.